The number of nitrogens with zero attached hydrogens (tertiary/aromatic N) is 3. The fourth-order valence-corrected chi connectivity index (χ4v) is 3.49. The quantitative estimate of drug-likeness (QED) is 0.551. The second kappa shape index (κ2) is 7.25. The topological polar surface area (TPSA) is 68.4 Å². The minimum absolute atomic E-state index is 0.221. The van der Waals surface area contributed by atoms with Gasteiger partial charge in [-0.05, 0) is 24.1 Å². The van der Waals surface area contributed by atoms with Crippen molar-refractivity contribution < 1.29 is 4.39 Å². The van der Waals surface area contributed by atoms with E-state index in [-0.39, 0.29) is 11.7 Å². The Morgan fingerprint density at radius 2 is 2.08 bits per heavy atom. The number of fused-ring (bicyclic) bond motifs is 1. The summed E-state index contributed by atoms with van der Waals surface area (Å²) in [4.78, 5) is 24.3. The Kier molecular flexibility index (Phi) is 5.03. The Labute approximate surface area is 153 Å². The summed E-state index contributed by atoms with van der Waals surface area (Å²) in [6.07, 6.45) is 1.56. The molecule has 0 amide bonds. The minimum Gasteiger partial charge on any atom is -0.278 e. The standard InChI is InChI=1S/C18H19FN4O2S/c1-11(2)9-23-16(7-17(24)22(3)18(23)25)21-20-8-12-10-26-15-5-4-13(19)6-14(12)15/h4-8,10-11,21H,9H2,1-3H3. The molecule has 2 heterocycles. The second-order valence-corrected chi connectivity index (χ2v) is 7.33. The van der Waals surface area contributed by atoms with Gasteiger partial charge in [0, 0.05) is 40.7 Å². The van der Waals surface area contributed by atoms with Crippen LogP contribution < -0.4 is 16.7 Å². The maximum absolute atomic E-state index is 13.5. The highest BCUT2D eigenvalue weighted by Crippen LogP contribution is 2.25. The van der Waals surface area contributed by atoms with Crippen LogP contribution in [0.2, 0.25) is 0 Å². The zero-order valence-electron chi connectivity index (χ0n) is 14.7. The number of hydrazone groups is 1. The van der Waals surface area contributed by atoms with Crippen LogP contribution >= 0.6 is 11.3 Å². The van der Waals surface area contributed by atoms with E-state index in [1.54, 1.807) is 12.3 Å². The van der Waals surface area contributed by atoms with Gasteiger partial charge in [-0.3, -0.25) is 19.4 Å². The SMILES string of the molecule is CC(C)Cn1c(NN=Cc2csc3ccc(F)cc23)cc(=O)n(C)c1=O. The van der Waals surface area contributed by atoms with Gasteiger partial charge in [-0.25, -0.2) is 9.18 Å². The van der Waals surface area contributed by atoms with Crippen molar-refractivity contribution in [2.45, 2.75) is 20.4 Å². The number of halogens is 1. The summed E-state index contributed by atoms with van der Waals surface area (Å²) in [6, 6.07) is 5.94. The van der Waals surface area contributed by atoms with E-state index in [2.05, 4.69) is 10.5 Å². The van der Waals surface area contributed by atoms with Crippen molar-refractivity contribution in [1.82, 2.24) is 9.13 Å². The number of anilines is 1. The van der Waals surface area contributed by atoms with E-state index in [1.807, 2.05) is 19.2 Å². The van der Waals surface area contributed by atoms with Gasteiger partial charge in [0.25, 0.3) is 5.56 Å². The predicted octanol–water partition coefficient (Wildman–Crippen LogP) is 3.00. The summed E-state index contributed by atoms with van der Waals surface area (Å²) in [5, 5.41) is 6.79. The number of aromatic nitrogens is 2. The highest BCUT2D eigenvalue weighted by molar-refractivity contribution is 7.17. The van der Waals surface area contributed by atoms with Crippen molar-refractivity contribution in [1.29, 1.82) is 0 Å². The number of thiophene rings is 1. The van der Waals surface area contributed by atoms with Gasteiger partial charge in [0.2, 0.25) is 0 Å². The molecule has 2 aromatic heterocycles. The van der Waals surface area contributed by atoms with E-state index in [0.29, 0.717) is 12.4 Å². The van der Waals surface area contributed by atoms with Crippen molar-refractivity contribution >= 4 is 33.5 Å². The monoisotopic (exact) mass is 374 g/mol. The molecule has 0 atom stereocenters. The molecule has 1 aromatic carbocycles. The minimum atomic E-state index is -0.407. The third kappa shape index (κ3) is 3.60. The van der Waals surface area contributed by atoms with Gasteiger partial charge in [-0.1, -0.05) is 13.8 Å². The van der Waals surface area contributed by atoms with E-state index < -0.39 is 11.2 Å². The lowest BCUT2D eigenvalue weighted by Gasteiger charge is -2.14. The first-order valence-electron chi connectivity index (χ1n) is 8.13. The molecule has 6 nitrogen and oxygen atoms in total. The largest absolute Gasteiger partial charge is 0.332 e. The second-order valence-electron chi connectivity index (χ2n) is 6.42. The normalized spacial score (nSPS) is 11.7. The van der Waals surface area contributed by atoms with E-state index in [1.165, 1.54) is 41.2 Å². The van der Waals surface area contributed by atoms with Gasteiger partial charge in [0.15, 0.2) is 0 Å². The number of hydrogen-bond acceptors (Lipinski definition) is 5. The zero-order valence-corrected chi connectivity index (χ0v) is 15.5. The molecular formula is C18H19FN4O2S. The molecule has 0 radical (unpaired) electrons. The molecule has 0 fully saturated rings. The number of nitrogens with one attached hydrogen (secondary N) is 1. The molecule has 136 valence electrons. The first-order valence-corrected chi connectivity index (χ1v) is 9.01. The Morgan fingerprint density at radius 3 is 2.81 bits per heavy atom. The van der Waals surface area contributed by atoms with Crippen molar-refractivity contribution in [3.63, 3.8) is 0 Å². The highest BCUT2D eigenvalue weighted by atomic mass is 32.1. The van der Waals surface area contributed by atoms with Crippen LogP contribution in [0.15, 0.2) is 44.3 Å². The van der Waals surface area contributed by atoms with Crippen LogP contribution in [0.4, 0.5) is 10.2 Å². The Bertz CT molecular complexity index is 1090. The van der Waals surface area contributed by atoms with Crippen molar-refractivity contribution in [2.75, 3.05) is 5.43 Å². The molecule has 3 rings (SSSR count). The summed E-state index contributed by atoms with van der Waals surface area (Å²) in [6.45, 7) is 4.42. The molecular weight excluding hydrogens is 355 g/mol. The molecule has 1 N–H and O–H groups in total. The summed E-state index contributed by atoms with van der Waals surface area (Å²) < 4.78 is 17.0. The third-order valence-corrected chi connectivity index (χ3v) is 4.88. The average Bonchev–Trinajstić information content (AvgIpc) is 2.98. The van der Waals surface area contributed by atoms with Crippen LogP contribution in [0.1, 0.15) is 19.4 Å². The fraction of sp³-hybridized carbons (Fsp3) is 0.278. The van der Waals surface area contributed by atoms with Gasteiger partial charge >= 0.3 is 5.69 Å². The first-order chi connectivity index (χ1) is 12.4. The van der Waals surface area contributed by atoms with E-state index in [9.17, 15) is 14.0 Å². The molecule has 0 spiro atoms. The summed E-state index contributed by atoms with van der Waals surface area (Å²) >= 11 is 1.49. The first kappa shape index (κ1) is 18.1. The van der Waals surface area contributed by atoms with E-state index >= 15 is 0 Å². The van der Waals surface area contributed by atoms with Gasteiger partial charge in [-0.2, -0.15) is 5.10 Å². The zero-order chi connectivity index (χ0) is 18.8. The van der Waals surface area contributed by atoms with E-state index in [0.717, 1.165) is 20.2 Å². The third-order valence-electron chi connectivity index (χ3n) is 3.90. The Morgan fingerprint density at radius 1 is 1.31 bits per heavy atom. The van der Waals surface area contributed by atoms with Gasteiger partial charge in [0.05, 0.1) is 6.21 Å². The van der Waals surface area contributed by atoms with E-state index in [4.69, 9.17) is 0 Å². The molecule has 0 aliphatic heterocycles. The molecule has 3 aromatic rings. The molecule has 0 unspecified atom stereocenters. The van der Waals surface area contributed by atoms with Crippen LogP contribution in [-0.4, -0.2) is 15.3 Å². The predicted molar refractivity (Wildman–Crippen MR) is 104 cm³/mol. The fourth-order valence-electron chi connectivity index (χ4n) is 2.59. The lowest BCUT2D eigenvalue weighted by atomic mass is 10.2. The molecule has 0 bridgehead atoms. The van der Waals surface area contributed by atoms with Crippen LogP contribution in [-0.2, 0) is 13.6 Å². The Hall–Kier alpha value is -2.74. The number of hydrogen-bond donors (Lipinski definition) is 1. The van der Waals surface area contributed by atoms with Crippen molar-refractivity contribution in [3.8, 4) is 0 Å². The summed E-state index contributed by atoms with van der Waals surface area (Å²) in [7, 11) is 1.45. The maximum Gasteiger partial charge on any atom is 0.332 e. The van der Waals surface area contributed by atoms with Crippen LogP contribution in [0.25, 0.3) is 10.1 Å². The number of rotatable bonds is 5. The van der Waals surface area contributed by atoms with Crippen LogP contribution in [0.3, 0.4) is 0 Å². The van der Waals surface area contributed by atoms with Gasteiger partial charge in [-0.15, -0.1) is 11.3 Å². The number of benzene rings is 1. The molecule has 0 aliphatic carbocycles. The summed E-state index contributed by atoms with van der Waals surface area (Å²) in [5.74, 6) is 0.239. The van der Waals surface area contributed by atoms with Crippen LogP contribution in [0, 0.1) is 11.7 Å². The molecule has 26 heavy (non-hydrogen) atoms. The van der Waals surface area contributed by atoms with Gasteiger partial charge in [0.1, 0.15) is 11.6 Å². The molecule has 0 saturated heterocycles. The molecule has 8 heteroatoms. The van der Waals surface area contributed by atoms with Crippen molar-refractivity contribution in [3.05, 3.63) is 61.9 Å². The van der Waals surface area contributed by atoms with Gasteiger partial charge < -0.3 is 0 Å². The molecule has 0 aliphatic rings. The lowest BCUT2D eigenvalue weighted by molar-refractivity contribution is 0.492. The molecule has 0 saturated carbocycles. The maximum atomic E-state index is 13.5. The smallest absolute Gasteiger partial charge is 0.278 e. The van der Waals surface area contributed by atoms with Crippen molar-refractivity contribution in [2.24, 2.45) is 18.1 Å². The summed E-state index contributed by atoms with van der Waals surface area (Å²) in [5.41, 5.74) is 2.73. The lowest BCUT2D eigenvalue weighted by Crippen LogP contribution is -2.39. The van der Waals surface area contributed by atoms with Crippen LogP contribution in [0.5, 0.6) is 0 Å². The highest BCUT2D eigenvalue weighted by Gasteiger charge is 2.10. The average molecular weight is 374 g/mol. The Balaban J connectivity index is 1.93.